The average Bonchev–Trinajstić information content (AvgIpc) is 2.75. The van der Waals surface area contributed by atoms with Crippen molar-refractivity contribution in [2.24, 2.45) is 11.8 Å². The van der Waals surface area contributed by atoms with Crippen LogP contribution in [-0.4, -0.2) is 0 Å². The minimum absolute atomic E-state index is 0.616. The summed E-state index contributed by atoms with van der Waals surface area (Å²) >= 11 is 0. The van der Waals surface area contributed by atoms with Crippen LogP contribution in [0.4, 0.5) is 0 Å². The van der Waals surface area contributed by atoms with Gasteiger partial charge in [0.2, 0.25) is 0 Å². The van der Waals surface area contributed by atoms with Gasteiger partial charge in [0.15, 0.2) is 0 Å². The summed E-state index contributed by atoms with van der Waals surface area (Å²) in [5.74, 6) is 1.38. The Morgan fingerprint density at radius 3 is 2.26 bits per heavy atom. The van der Waals surface area contributed by atoms with Gasteiger partial charge in [-0.3, -0.25) is 0 Å². The molecular weight excluding hydrogens is 372 g/mol. The first kappa shape index (κ1) is 23.3. The molecule has 0 spiro atoms. The molecule has 0 radical (unpaired) electrons. The average molecular weight is 413 g/mol. The Hall–Kier alpha value is -2.34. The molecule has 0 heteroatoms. The molecule has 2 unspecified atom stereocenters. The van der Waals surface area contributed by atoms with Gasteiger partial charge in [0.05, 0.1) is 0 Å². The predicted octanol–water partition coefficient (Wildman–Crippen LogP) is 8.55. The van der Waals surface area contributed by atoms with Gasteiger partial charge in [0, 0.05) is 0 Å². The van der Waals surface area contributed by atoms with Gasteiger partial charge in [-0.15, -0.1) is 6.58 Å². The van der Waals surface area contributed by atoms with Gasteiger partial charge in [-0.05, 0) is 96.6 Å². The van der Waals surface area contributed by atoms with Crippen LogP contribution in [0.1, 0.15) is 74.3 Å². The molecule has 0 nitrogen and oxygen atoms in total. The maximum Gasteiger partial charge on any atom is -0.00974 e. The highest BCUT2D eigenvalue weighted by Gasteiger charge is 2.22. The molecular formula is C31H40. The highest BCUT2D eigenvalue weighted by Crippen LogP contribution is 2.37. The van der Waals surface area contributed by atoms with Crippen LogP contribution >= 0.6 is 0 Å². The third-order valence-corrected chi connectivity index (χ3v) is 6.85. The maximum absolute atomic E-state index is 4.37. The van der Waals surface area contributed by atoms with Crippen molar-refractivity contribution in [1.82, 2.24) is 0 Å². The molecule has 31 heavy (non-hydrogen) atoms. The van der Waals surface area contributed by atoms with Crippen LogP contribution in [-0.2, 0) is 25.7 Å². The first-order chi connectivity index (χ1) is 15.0. The fourth-order valence-electron chi connectivity index (χ4n) is 5.22. The molecule has 0 bridgehead atoms. The van der Waals surface area contributed by atoms with Crippen LogP contribution in [0.3, 0.4) is 0 Å². The Morgan fingerprint density at radius 1 is 0.935 bits per heavy atom. The van der Waals surface area contributed by atoms with Gasteiger partial charge in [-0.2, -0.15) is 0 Å². The second-order valence-corrected chi connectivity index (χ2v) is 9.50. The molecule has 1 fully saturated rings. The van der Waals surface area contributed by atoms with Crippen molar-refractivity contribution < 1.29 is 0 Å². The molecule has 0 amide bonds. The van der Waals surface area contributed by atoms with E-state index in [1.165, 1.54) is 64.6 Å². The highest BCUT2D eigenvalue weighted by molar-refractivity contribution is 5.60. The van der Waals surface area contributed by atoms with Gasteiger partial charge >= 0.3 is 0 Å². The van der Waals surface area contributed by atoms with Gasteiger partial charge in [-0.1, -0.05) is 87.5 Å². The standard InChI is InChI=1S/C31H40/c1-6-12-28-13-8-9-14-29(28)15-10-11-16-30-18-17-26(21-27(30)7-2)22-31-24(4)19-23(3)20-25(31)5/h6,8-9,13-14,17-18,21-23,25H,1,4,7,10-12,15-16,19-20H2,2-3,5H3/b31-22+. The van der Waals surface area contributed by atoms with E-state index in [0.717, 1.165) is 31.6 Å². The molecule has 1 aliphatic carbocycles. The predicted molar refractivity (Wildman–Crippen MR) is 137 cm³/mol. The number of unbranched alkanes of at least 4 members (excludes halogenated alkanes) is 1. The van der Waals surface area contributed by atoms with Crippen LogP contribution in [0.2, 0.25) is 0 Å². The van der Waals surface area contributed by atoms with Crippen LogP contribution < -0.4 is 0 Å². The Bertz CT molecular complexity index is 927. The molecule has 2 aromatic rings. The van der Waals surface area contributed by atoms with E-state index in [0.29, 0.717) is 5.92 Å². The van der Waals surface area contributed by atoms with Crippen LogP contribution in [0.25, 0.3) is 6.08 Å². The van der Waals surface area contributed by atoms with Crippen molar-refractivity contribution in [3.05, 3.63) is 101 Å². The minimum atomic E-state index is 0.616. The summed E-state index contributed by atoms with van der Waals surface area (Å²) in [7, 11) is 0. The Kier molecular flexibility index (Phi) is 8.52. The second kappa shape index (κ2) is 11.3. The van der Waals surface area contributed by atoms with E-state index in [-0.39, 0.29) is 0 Å². The van der Waals surface area contributed by atoms with Crippen molar-refractivity contribution in [1.29, 1.82) is 0 Å². The molecule has 0 aromatic heterocycles. The number of benzene rings is 2. The summed E-state index contributed by atoms with van der Waals surface area (Å²) in [6.45, 7) is 15.3. The summed E-state index contributed by atoms with van der Waals surface area (Å²) in [4.78, 5) is 0. The zero-order chi connectivity index (χ0) is 22.2. The van der Waals surface area contributed by atoms with Crippen molar-refractivity contribution in [3.8, 4) is 0 Å². The summed E-state index contributed by atoms with van der Waals surface area (Å²) in [6.07, 6.45) is 13.7. The smallest absolute Gasteiger partial charge is 0.00974 e. The first-order valence-electron chi connectivity index (χ1n) is 12.2. The zero-order valence-corrected chi connectivity index (χ0v) is 19.9. The van der Waals surface area contributed by atoms with Crippen molar-refractivity contribution in [2.45, 2.75) is 72.1 Å². The van der Waals surface area contributed by atoms with E-state index in [2.05, 4.69) is 82.5 Å². The van der Waals surface area contributed by atoms with Crippen LogP contribution in [0.5, 0.6) is 0 Å². The molecule has 1 aliphatic rings. The van der Waals surface area contributed by atoms with Crippen LogP contribution in [0, 0.1) is 11.8 Å². The fourth-order valence-corrected chi connectivity index (χ4v) is 5.22. The largest absolute Gasteiger partial charge is 0.103 e. The van der Waals surface area contributed by atoms with E-state index >= 15 is 0 Å². The summed E-state index contributed by atoms with van der Waals surface area (Å²) < 4.78 is 0. The molecule has 1 saturated carbocycles. The quantitative estimate of drug-likeness (QED) is 0.286. The number of allylic oxidation sites excluding steroid dienone is 3. The fraction of sp³-hybridized carbons (Fsp3) is 0.419. The molecule has 0 N–H and O–H groups in total. The SMILES string of the molecule is C=CCc1ccccc1CCCCc1ccc(/C=C2\C(=C)CC(C)CC2C)cc1CC. The molecule has 0 saturated heterocycles. The van der Waals surface area contributed by atoms with E-state index in [9.17, 15) is 0 Å². The molecule has 3 rings (SSSR count). The maximum atomic E-state index is 4.37. The Morgan fingerprint density at radius 2 is 1.61 bits per heavy atom. The zero-order valence-electron chi connectivity index (χ0n) is 19.9. The number of rotatable bonds is 9. The Balaban J connectivity index is 1.62. The summed E-state index contributed by atoms with van der Waals surface area (Å²) in [5.41, 5.74) is 10.1. The number of aryl methyl sites for hydroxylation is 3. The molecule has 0 aliphatic heterocycles. The van der Waals surface area contributed by atoms with E-state index in [1.807, 2.05) is 6.08 Å². The lowest BCUT2D eigenvalue weighted by molar-refractivity contribution is 0.419. The van der Waals surface area contributed by atoms with E-state index in [1.54, 1.807) is 0 Å². The molecule has 164 valence electrons. The monoisotopic (exact) mass is 412 g/mol. The van der Waals surface area contributed by atoms with Crippen LogP contribution in [0.15, 0.2) is 72.8 Å². The van der Waals surface area contributed by atoms with Gasteiger partial charge in [-0.25, -0.2) is 0 Å². The van der Waals surface area contributed by atoms with E-state index in [4.69, 9.17) is 0 Å². The summed E-state index contributed by atoms with van der Waals surface area (Å²) in [5, 5.41) is 0. The van der Waals surface area contributed by atoms with Gasteiger partial charge in [0.25, 0.3) is 0 Å². The molecule has 2 aromatic carbocycles. The summed E-state index contributed by atoms with van der Waals surface area (Å²) in [6, 6.07) is 15.9. The van der Waals surface area contributed by atoms with Crippen molar-refractivity contribution >= 4 is 6.08 Å². The van der Waals surface area contributed by atoms with Gasteiger partial charge in [0.1, 0.15) is 0 Å². The third kappa shape index (κ3) is 6.33. The minimum Gasteiger partial charge on any atom is -0.103 e. The lowest BCUT2D eigenvalue weighted by atomic mass is 9.76. The first-order valence-corrected chi connectivity index (χ1v) is 12.2. The van der Waals surface area contributed by atoms with Gasteiger partial charge < -0.3 is 0 Å². The third-order valence-electron chi connectivity index (χ3n) is 6.85. The Labute approximate surface area is 190 Å². The normalized spacial score (nSPS) is 20.2. The van der Waals surface area contributed by atoms with E-state index < -0.39 is 0 Å². The number of hydrogen-bond acceptors (Lipinski definition) is 0. The molecule has 2 atom stereocenters. The highest BCUT2D eigenvalue weighted by atomic mass is 14.3. The van der Waals surface area contributed by atoms with Crippen molar-refractivity contribution in [3.63, 3.8) is 0 Å². The lowest BCUT2D eigenvalue weighted by Gasteiger charge is -2.29. The molecule has 0 heterocycles. The second-order valence-electron chi connectivity index (χ2n) is 9.50. The van der Waals surface area contributed by atoms with Crippen molar-refractivity contribution in [2.75, 3.05) is 0 Å². The lowest BCUT2D eigenvalue weighted by Crippen LogP contribution is -2.15. The number of hydrogen-bond donors (Lipinski definition) is 0. The topological polar surface area (TPSA) is 0 Å².